The molecule has 0 atom stereocenters. The van der Waals surface area contributed by atoms with Crippen LogP contribution in [0.1, 0.15) is 26.3 Å². The van der Waals surface area contributed by atoms with Crippen LogP contribution in [0.4, 0.5) is 24.5 Å². The van der Waals surface area contributed by atoms with Crippen LogP contribution in [0.5, 0.6) is 0 Å². The fourth-order valence-electron chi connectivity index (χ4n) is 2.67. The molecule has 3 aromatic rings. The molecule has 2 amide bonds. The summed E-state index contributed by atoms with van der Waals surface area (Å²) >= 11 is 5.89. The van der Waals surface area contributed by atoms with Gasteiger partial charge in [0.15, 0.2) is 0 Å². The molecule has 148 valence electrons. The molecule has 0 saturated heterocycles. The summed E-state index contributed by atoms with van der Waals surface area (Å²) in [6, 6.07) is 16.9. The predicted octanol–water partition coefficient (Wildman–Crippen LogP) is 5.86. The first-order valence-corrected chi connectivity index (χ1v) is 8.77. The van der Waals surface area contributed by atoms with Crippen molar-refractivity contribution in [3.8, 4) is 0 Å². The molecule has 0 aliphatic carbocycles. The Bertz CT molecular complexity index is 1070. The fourth-order valence-corrected chi connectivity index (χ4v) is 2.86. The van der Waals surface area contributed by atoms with Crippen LogP contribution in [-0.2, 0) is 6.18 Å². The molecule has 0 fully saturated rings. The second kappa shape index (κ2) is 8.36. The van der Waals surface area contributed by atoms with Crippen LogP contribution in [-0.4, -0.2) is 11.8 Å². The van der Waals surface area contributed by atoms with Gasteiger partial charge >= 0.3 is 6.18 Å². The SMILES string of the molecule is O=C(Nc1cccc(Cl)c1)c1ccccc1NC(=O)c1ccccc1C(F)(F)F. The molecule has 8 heteroatoms. The van der Waals surface area contributed by atoms with E-state index in [1.807, 2.05) is 0 Å². The van der Waals surface area contributed by atoms with Gasteiger partial charge in [0, 0.05) is 10.7 Å². The van der Waals surface area contributed by atoms with Crippen LogP contribution in [0.25, 0.3) is 0 Å². The molecule has 0 unspecified atom stereocenters. The maximum absolute atomic E-state index is 13.2. The van der Waals surface area contributed by atoms with Gasteiger partial charge in [0.1, 0.15) is 0 Å². The molecule has 29 heavy (non-hydrogen) atoms. The number of hydrogen-bond donors (Lipinski definition) is 2. The monoisotopic (exact) mass is 418 g/mol. The topological polar surface area (TPSA) is 58.2 Å². The molecule has 0 radical (unpaired) electrons. The van der Waals surface area contributed by atoms with Crippen molar-refractivity contribution < 1.29 is 22.8 Å². The highest BCUT2D eigenvalue weighted by Crippen LogP contribution is 2.32. The third-order valence-corrected chi connectivity index (χ3v) is 4.21. The van der Waals surface area contributed by atoms with Crippen molar-refractivity contribution in [2.75, 3.05) is 10.6 Å². The number of amides is 2. The average molecular weight is 419 g/mol. The smallest absolute Gasteiger partial charge is 0.322 e. The predicted molar refractivity (Wildman–Crippen MR) is 105 cm³/mol. The molecule has 0 heterocycles. The molecule has 0 aromatic heterocycles. The van der Waals surface area contributed by atoms with Gasteiger partial charge in [0.25, 0.3) is 11.8 Å². The minimum absolute atomic E-state index is 0.0778. The molecule has 3 aromatic carbocycles. The Morgan fingerprint density at radius 3 is 2.07 bits per heavy atom. The van der Waals surface area contributed by atoms with E-state index in [-0.39, 0.29) is 11.3 Å². The van der Waals surface area contributed by atoms with Crippen LogP contribution in [0.15, 0.2) is 72.8 Å². The number of benzene rings is 3. The summed E-state index contributed by atoms with van der Waals surface area (Å²) < 4.78 is 39.5. The number of para-hydroxylation sites is 1. The van der Waals surface area contributed by atoms with Crippen LogP contribution in [0.3, 0.4) is 0 Å². The largest absolute Gasteiger partial charge is 0.417 e. The first-order chi connectivity index (χ1) is 13.8. The fraction of sp³-hybridized carbons (Fsp3) is 0.0476. The Balaban J connectivity index is 1.87. The maximum Gasteiger partial charge on any atom is 0.417 e. The highest BCUT2D eigenvalue weighted by Gasteiger charge is 2.35. The number of rotatable bonds is 4. The Morgan fingerprint density at radius 2 is 1.38 bits per heavy atom. The summed E-state index contributed by atoms with van der Waals surface area (Å²) in [4.78, 5) is 25.1. The van der Waals surface area contributed by atoms with Gasteiger partial charge in [-0.15, -0.1) is 0 Å². The molecule has 0 bridgehead atoms. The minimum Gasteiger partial charge on any atom is -0.322 e. The van der Waals surface area contributed by atoms with E-state index in [9.17, 15) is 22.8 Å². The van der Waals surface area contributed by atoms with E-state index in [1.54, 1.807) is 36.4 Å². The molecule has 0 saturated carbocycles. The number of carbonyl (C=O) groups is 2. The van der Waals surface area contributed by atoms with Crippen molar-refractivity contribution >= 4 is 34.8 Å². The standard InChI is InChI=1S/C21H14ClF3N2O2/c22-13-6-5-7-14(12-13)26-20(29)16-9-2-4-11-18(16)27-19(28)15-8-1-3-10-17(15)21(23,24)25/h1-12H,(H,26,29)(H,27,28). The zero-order valence-electron chi connectivity index (χ0n) is 14.8. The Labute approximate surface area is 169 Å². The normalized spacial score (nSPS) is 11.0. The summed E-state index contributed by atoms with van der Waals surface area (Å²) in [6.07, 6.45) is -4.68. The van der Waals surface area contributed by atoms with Gasteiger partial charge in [0.2, 0.25) is 0 Å². The number of anilines is 2. The van der Waals surface area contributed by atoms with E-state index >= 15 is 0 Å². The van der Waals surface area contributed by atoms with Crippen LogP contribution < -0.4 is 10.6 Å². The summed E-state index contributed by atoms with van der Waals surface area (Å²) in [7, 11) is 0. The average Bonchev–Trinajstić information content (AvgIpc) is 2.67. The highest BCUT2D eigenvalue weighted by atomic mass is 35.5. The van der Waals surface area contributed by atoms with E-state index in [0.29, 0.717) is 10.7 Å². The lowest BCUT2D eigenvalue weighted by molar-refractivity contribution is -0.137. The van der Waals surface area contributed by atoms with E-state index in [4.69, 9.17) is 11.6 Å². The molecule has 0 spiro atoms. The van der Waals surface area contributed by atoms with Crippen molar-refractivity contribution in [2.24, 2.45) is 0 Å². The highest BCUT2D eigenvalue weighted by molar-refractivity contribution is 6.31. The molecule has 0 aliphatic heterocycles. The third kappa shape index (κ3) is 4.94. The van der Waals surface area contributed by atoms with Gasteiger partial charge in [-0.25, -0.2) is 0 Å². The van der Waals surface area contributed by atoms with E-state index in [2.05, 4.69) is 10.6 Å². The van der Waals surface area contributed by atoms with E-state index in [0.717, 1.165) is 12.1 Å². The second-order valence-corrected chi connectivity index (χ2v) is 6.44. The number of halogens is 4. The van der Waals surface area contributed by atoms with Crippen LogP contribution in [0, 0.1) is 0 Å². The molecular formula is C21H14ClF3N2O2. The Morgan fingerprint density at radius 1 is 0.759 bits per heavy atom. The molecule has 4 nitrogen and oxygen atoms in total. The van der Waals surface area contributed by atoms with Gasteiger partial charge in [0.05, 0.1) is 22.4 Å². The Kier molecular flexibility index (Phi) is 5.89. The molecule has 3 rings (SSSR count). The lowest BCUT2D eigenvalue weighted by Gasteiger charge is -2.14. The van der Waals surface area contributed by atoms with Crippen molar-refractivity contribution in [3.05, 3.63) is 94.5 Å². The van der Waals surface area contributed by atoms with E-state index < -0.39 is 29.1 Å². The van der Waals surface area contributed by atoms with Gasteiger partial charge in [-0.05, 0) is 42.5 Å². The first kappa shape index (κ1) is 20.4. The quantitative estimate of drug-likeness (QED) is 0.557. The summed E-state index contributed by atoms with van der Waals surface area (Å²) in [5, 5.41) is 5.45. The zero-order chi connectivity index (χ0) is 21.0. The van der Waals surface area contributed by atoms with Crippen molar-refractivity contribution in [1.29, 1.82) is 0 Å². The van der Waals surface area contributed by atoms with Crippen molar-refractivity contribution in [3.63, 3.8) is 0 Å². The summed E-state index contributed by atoms with van der Waals surface area (Å²) in [5.74, 6) is -1.52. The zero-order valence-corrected chi connectivity index (χ0v) is 15.5. The third-order valence-electron chi connectivity index (χ3n) is 3.98. The molecular weight excluding hydrogens is 405 g/mol. The number of nitrogens with one attached hydrogen (secondary N) is 2. The molecule has 2 N–H and O–H groups in total. The van der Waals surface area contributed by atoms with Gasteiger partial charge in [-0.3, -0.25) is 9.59 Å². The first-order valence-electron chi connectivity index (χ1n) is 8.39. The van der Waals surface area contributed by atoms with Crippen LogP contribution >= 0.6 is 11.6 Å². The number of carbonyl (C=O) groups excluding carboxylic acids is 2. The molecule has 0 aliphatic rings. The summed E-state index contributed by atoms with van der Waals surface area (Å²) in [6.45, 7) is 0. The lowest BCUT2D eigenvalue weighted by Crippen LogP contribution is -2.21. The lowest BCUT2D eigenvalue weighted by atomic mass is 10.1. The maximum atomic E-state index is 13.2. The van der Waals surface area contributed by atoms with Gasteiger partial charge in [-0.2, -0.15) is 13.2 Å². The van der Waals surface area contributed by atoms with Crippen LogP contribution in [0.2, 0.25) is 5.02 Å². The number of hydrogen-bond acceptors (Lipinski definition) is 2. The summed E-state index contributed by atoms with van der Waals surface area (Å²) in [5.41, 5.74) is -0.992. The van der Waals surface area contributed by atoms with Gasteiger partial charge < -0.3 is 10.6 Å². The van der Waals surface area contributed by atoms with E-state index in [1.165, 1.54) is 24.3 Å². The van der Waals surface area contributed by atoms with Gasteiger partial charge in [-0.1, -0.05) is 41.9 Å². The van der Waals surface area contributed by atoms with Crippen molar-refractivity contribution in [1.82, 2.24) is 0 Å². The van der Waals surface area contributed by atoms with Crippen molar-refractivity contribution in [2.45, 2.75) is 6.18 Å². The Hall–Kier alpha value is -3.32. The second-order valence-electron chi connectivity index (χ2n) is 6.01. The number of alkyl halides is 3. The minimum atomic E-state index is -4.68.